The molecule has 0 spiro atoms. The fourth-order valence-electron chi connectivity index (χ4n) is 4.60. The van der Waals surface area contributed by atoms with Gasteiger partial charge in [-0.1, -0.05) is 18.2 Å². The average Bonchev–Trinajstić information content (AvgIpc) is 3.35. The highest BCUT2D eigenvalue weighted by Gasteiger charge is 2.22. The number of β-amino-alcohol motifs (C(OH)–C–C–N with tert-alkyl or cyclic N) is 1. The second-order valence-corrected chi connectivity index (χ2v) is 9.12. The summed E-state index contributed by atoms with van der Waals surface area (Å²) in [6, 6.07) is 18.4. The maximum Gasteiger partial charge on any atom is 0.414 e. The molecule has 2 aromatic heterocycles. The van der Waals surface area contributed by atoms with Gasteiger partial charge in [-0.25, -0.2) is 9.59 Å². The number of fused-ring (bicyclic) bond motifs is 2. The molecule has 2 aromatic carbocycles. The first-order valence-electron chi connectivity index (χ1n) is 12.3. The Morgan fingerprint density at radius 1 is 1.11 bits per heavy atom. The Hall–Kier alpha value is -3.99. The maximum absolute atomic E-state index is 11.0. The van der Waals surface area contributed by atoms with Gasteiger partial charge in [0, 0.05) is 29.6 Å². The second-order valence-electron chi connectivity index (χ2n) is 9.12. The predicted octanol–water partition coefficient (Wildman–Crippen LogP) is 3.43. The number of hydrogen-bond donors (Lipinski definition) is 4. The molecule has 4 aromatic rings. The number of para-hydroxylation sites is 1. The summed E-state index contributed by atoms with van der Waals surface area (Å²) in [5.74, 6) is -1.90. The van der Waals surface area contributed by atoms with Gasteiger partial charge in [-0.05, 0) is 67.9 Å². The molecule has 1 saturated heterocycles. The number of benzene rings is 2. The second kappa shape index (κ2) is 12.5. The molecule has 10 nitrogen and oxygen atoms in total. The normalized spacial score (nSPS) is 15.1. The summed E-state index contributed by atoms with van der Waals surface area (Å²) in [7, 11) is 1.65. The first-order chi connectivity index (χ1) is 18.3. The fraction of sp³-hybridized carbons (Fsp3) is 0.321. The molecule has 10 heteroatoms. The van der Waals surface area contributed by atoms with E-state index < -0.39 is 18.0 Å². The number of furan rings is 1. The van der Waals surface area contributed by atoms with Crippen LogP contribution in [0.5, 0.6) is 5.75 Å². The Morgan fingerprint density at radius 2 is 1.84 bits per heavy atom. The first kappa shape index (κ1) is 27.1. The summed E-state index contributed by atoms with van der Waals surface area (Å²) in [5.41, 5.74) is 2.71. The smallest absolute Gasteiger partial charge is 0.414 e. The average molecular weight is 522 g/mol. The lowest BCUT2D eigenvalue weighted by Gasteiger charge is -2.33. The Kier molecular flexibility index (Phi) is 8.90. The maximum atomic E-state index is 11.0. The van der Waals surface area contributed by atoms with Gasteiger partial charge in [-0.15, -0.1) is 0 Å². The van der Waals surface area contributed by atoms with Gasteiger partial charge in [0.15, 0.2) is 0 Å². The van der Waals surface area contributed by atoms with E-state index in [0.717, 1.165) is 71.4 Å². The molecule has 1 atom stereocenters. The van der Waals surface area contributed by atoms with Crippen molar-refractivity contribution in [1.82, 2.24) is 15.2 Å². The van der Waals surface area contributed by atoms with Crippen LogP contribution in [0.25, 0.3) is 21.9 Å². The zero-order valence-electron chi connectivity index (χ0n) is 21.0. The minimum Gasteiger partial charge on any atom is -0.497 e. The lowest BCUT2D eigenvalue weighted by Crippen LogP contribution is -2.43. The molecule has 5 rings (SSSR count). The highest BCUT2D eigenvalue weighted by molar-refractivity contribution is 6.27. The molecule has 0 bridgehead atoms. The molecule has 1 aliphatic heterocycles. The van der Waals surface area contributed by atoms with Crippen molar-refractivity contribution in [2.45, 2.75) is 31.5 Å². The number of aliphatic hydroxyl groups excluding tert-OH is 1. The number of pyridine rings is 1. The molecule has 38 heavy (non-hydrogen) atoms. The van der Waals surface area contributed by atoms with E-state index >= 15 is 0 Å². The molecule has 0 amide bonds. The number of likely N-dealkylation sites (tertiary alicyclic amines) is 1. The van der Waals surface area contributed by atoms with Crippen molar-refractivity contribution >= 4 is 33.8 Å². The first-order valence-corrected chi connectivity index (χ1v) is 12.3. The van der Waals surface area contributed by atoms with Gasteiger partial charge in [0.25, 0.3) is 0 Å². The minimum atomic E-state index is -1.82. The van der Waals surface area contributed by atoms with Gasteiger partial charge in [0.05, 0.1) is 25.3 Å². The summed E-state index contributed by atoms with van der Waals surface area (Å²) >= 11 is 0. The topological polar surface area (TPSA) is 145 Å². The minimum absolute atomic E-state index is 0.461. The fourth-order valence-corrected chi connectivity index (χ4v) is 4.60. The number of methoxy groups -OCH3 is 1. The van der Waals surface area contributed by atoms with Gasteiger partial charge in [-0.3, -0.25) is 4.98 Å². The molecule has 200 valence electrons. The largest absolute Gasteiger partial charge is 0.497 e. The van der Waals surface area contributed by atoms with Gasteiger partial charge < -0.3 is 34.7 Å². The Bertz CT molecular complexity index is 1350. The van der Waals surface area contributed by atoms with Crippen LogP contribution in [0.3, 0.4) is 0 Å². The van der Waals surface area contributed by atoms with Crippen LogP contribution in [0.1, 0.15) is 30.3 Å². The van der Waals surface area contributed by atoms with Gasteiger partial charge >= 0.3 is 11.9 Å². The molecule has 0 aliphatic carbocycles. The highest BCUT2D eigenvalue weighted by Crippen LogP contribution is 2.28. The molecular formula is C28H31N3O7. The molecule has 0 unspecified atom stereocenters. The van der Waals surface area contributed by atoms with Crippen LogP contribution in [0.4, 0.5) is 0 Å². The van der Waals surface area contributed by atoms with E-state index in [4.69, 9.17) is 29.0 Å². The van der Waals surface area contributed by atoms with Crippen molar-refractivity contribution in [3.63, 3.8) is 0 Å². The van der Waals surface area contributed by atoms with Gasteiger partial charge in [-0.2, -0.15) is 0 Å². The lowest BCUT2D eigenvalue weighted by atomic mass is 10.0. The number of aromatic nitrogens is 1. The van der Waals surface area contributed by atoms with Crippen molar-refractivity contribution in [3.8, 4) is 5.75 Å². The Morgan fingerprint density at radius 3 is 2.53 bits per heavy atom. The van der Waals surface area contributed by atoms with Crippen molar-refractivity contribution in [2.75, 3.05) is 26.7 Å². The number of nitrogens with zero attached hydrogens (tertiary/aromatic N) is 2. The lowest BCUT2D eigenvalue weighted by molar-refractivity contribution is -0.159. The van der Waals surface area contributed by atoms with E-state index in [9.17, 15) is 5.11 Å². The third kappa shape index (κ3) is 6.86. The van der Waals surface area contributed by atoms with E-state index in [0.29, 0.717) is 12.6 Å². The number of aliphatic carboxylic acids is 2. The number of hydrogen-bond acceptors (Lipinski definition) is 8. The molecule has 1 fully saturated rings. The third-order valence-corrected chi connectivity index (χ3v) is 6.58. The van der Waals surface area contributed by atoms with Crippen LogP contribution in [0, 0.1) is 0 Å². The van der Waals surface area contributed by atoms with Crippen LogP contribution < -0.4 is 10.1 Å². The zero-order chi connectivity index (χ0) is 27.1. The summed E-state index contributed by atoms with van der Waals surface area (Å²) in [6.07, 6.45) is 3.31. The van der Waals surface area contributed by atoms with Gasteiger partial charge in [0.2, 0.25) is 0 Å². The van der Waals surface area contributed by atoms with Crippen molar-refractivity contribution in [2.24, 2.45) is 0 Å². The van der Waals surface area contributed by atoms with Crippen LogP contribution in [-0.2, 0) is 16.1 Å². The number of aliphatic hydroxyl groups is 1. The molecule has 0 radical (unpaired) electrons. The summed E-state index contributed by atoms with van der Waals surface area (Å²) in [6.45, 7) is 3.28. The van der Waals surface area contributed by atoms with Crippen LogP contribution >= 0.6 is 0 Å². The number of carboxylic acids is 2. The third-order valence-electron chi connectivity index (χ3n) is 6.58. The van der Waals surface area contributed by atoms with E-state index in [-0.39, 0.29) is 0 Å². The summed E-state index contributed by atoms with van der Waals surface area (Å²) < 4.78 is 11.3. The molecular weight excluding hydrogens is 490 g/mol. The number of piperidine rings is 1. The number of ether oxygens (including phenoxy) is 1. The monoisotopic (exact) mass is 521 g/mol. The van der Waals surface area contributed by atoms with Crippen LogP contribution in [0.15, 0.2) is 65.2 Å². The number of carboxylic acid groups (broad SMARTS) is 2. The number of carbonyl (C=O) groups is 2. The van der Waals surface area contributed by atoms with Crippen LogP contribution in [0.2, 0.25) is 0 Å². The Balaban J connectivity index is 0.000000505. The standard InChI is InChI=1S/C26H29N3O3.C2H2O4/c1-31-20-6-7-24-23(15-20)22(8-11-27-24)25(30)17-29-12-9-19(10-13-29)28-16-21-14-18-4-2-3-5-26(18)32-21;3-1(4)2(5)6/h2-8,11,14-15,19,25,28,30H,9-10,12-13,16-17H2,1H3;(H,3,4)(H,5,6)/t25-;/m0./s1. The van der Waals surface area contributed by atoms with Crippen LogP contribution in [-0.4, -0.2) is 69.9 Å². The van der Waals surface area contributed by atoms with E-state index in [1.165, 1.54) is 0 Å². The van der Waals surface area contributed by atoms with Crippen molar-refractivity contribution in [1.29, 1.82) is 0 Å². The molecule has 1 aliphatic rings. The Labute approximate surface area is 219 Å². The van der Waals surface area contributed by atoms with E-state index in [1.54, 1.807) is 13.3 Å². The SMILES string of the molecule is COc1ccc2nccc([C@@H](O)CN3CCC(NCc4cc5ccccc5o4)CC3)c2c1.O=C(O)C(=O)O. The number of rotatable bonds is 7. The zero-order valence-corrected chi connectivity index (χ0v) is 21.0. The predicted molar refractivity (Wildman–Crippen MR) is 141 cm³/mol. The quantitative estimate of drug-likeness (QED) is 0.267. The molecule has 0 saturated carbocycles. The highest BCUT2D eigenvalue weighted by atomic mass is 16.5. The molecule has 3 heterocycles. The van der Waals surface area contributed by atoms with Crippen molar-refractivity contribution < 1.29 is 34.1 Å². The number of nitrogens with one attached hydrogen (secondary N) is 1. The van der Waals surface area contributed by atoms with E-state index in [2.05, 4.69) is 27.3 Å². The summed E-state index contributed by atoms with van der Waals surface area (Å²) in [5, 5.41) is 31.5. The van der Waals surface area contributed by atoms with Crippen molar-refractivity contribution in [3.05, 3.63) is 72.1 Å². The summed E-state index contributed by atoms with van der Waals surface area (Å²) in [4.78, 5) is 25.0. The molecule has 4 N–H and O–H groups in total. The van der Waals surface area contributed by atoms with E-state index in [1.807, 2.05) is 42.5 Å². The van der Waals surface area contributed by atoms with Gasteiger partial charge in [0.1, 0.15) is 17.1 Å².